The van der Waals surface area contributed by atoms with Crippen molar-refractivity contribution in [2.24, 2.45) is 0 Å². The quantitative estimate of drug-likeness (QED) is 0.543. The number of amides is 2. The van der Waals surface area contributed by atoms with Crippen molar-refractivity contribution >= 4 is 52.5 Å². The number of ether oxygens (including phenoxy) is 1. The summed E-state index contributed by atoms with van der Waals surface area (Å²) in [5, 5.41) is 2.87. The summed E-state index contributed by atoms with van der Waals surface area (Å²) in [5.41, 5.74) is 4.60. The number of carbonyl (C=O) groups excluding carboxylic acids is 2. The summed E-state index contributed by atoms with van der Waals surface area (Å²) in [6, 6.07) is 4.35. The second-order valence-corrected chi connectivity index (χ2v) is 4.46. The zero-order valence-corrected chi connectivity index (χ0v) is 11.9. The zero-order chi connectivity index (χ0) is 14.4. The minimum atomic E-state index is -0.748. The van der Waals surface area contributed by atoms with Crippen LogP contribution in [0.3, 0.4) is 0 Å². The lowest BCUT2D eigenvalue weighted by atomic mass is 10.2. The van der Waals surface area contributed by atoms with Crippen molar-refractivity contribution in [3.8, 4) is 0 Å². The average molecular weight is 322 g/mol. The van der Waals surface area contributed by atoms with Crippen molar-refractivity contribution in [1.82, 2.24) is 16.2 Å². The first-order valence-corrected chi connectivity index (χ1v) is 6.00. The van der Waals surface area contributed by atoms with Crippen LogP contribution in [0.2, 0.25) is 10.0 Å². The van der Waals surface area contributed by atoms with Crippen LogP contribution >= 0.6 is 35.4 Å². The molecule has 1 rings (SSSR count). The second kappa shape index (κ2) is 7.13. The van der Waals surface area contributed by atoms with Crippen molar-refractivity contribution in [2.45, 2.75) is 0 Å². The molecule has 1 aromatic carbocycles. The Hall–Kier alpha value is -1.57. The molecule has 0 unspecified atom stereocenters. The van der Waals surface area contributed by atoms with Gasteiger partial charge in [0.05, 0.1) is 7.11 Å². The number of benzene rings is 1. The molecule has 2 amide bonds. The maximum atomic E-state index is 11.8. The predicted molar refractivity (Wildman–Crippen MR) is 75.2 cm³/mol. The molecule has 9 heteroatoms. The average Bonchev–Trinajstić information content (AvgIpc) is 2.34. The van der Waals surface area contributed by atoms with Gasteiger partial charge in [-0.1, -0.05) is 23.2 Å². The lowest BCUT2D eigenvalue weighted by molar-refractivity contribution is 0.0975. The van der Waals surface area contributed by atoms with Gasteiger partial charge >= 0.3 is 6.09 Å². The Morgan fingerprint density at radius 3 is 2.26 bits per heavy atom. The van der Waals surface area contributed by atoms with E-state index in [0.717, 1.165) is 0 Å². The molecular weight excluding hydrogens is 313 g/mol. The maximum absolute atomic E-state index is 11.8. The van der Waals surface area contributed by atoms with Crippen molar-refractivity contribution in [1.29, 1.82) is 0 Å². The molecule has 0 spiro atoms. The number of methoxy groups -OCH3 is 1. The molecule has 19 heavy (non-hydrogen) atoms. The third-order valence-electron chi connectivity index (χ3n) is 1.82. The normalized spacial score (nSPS) is 9.42. The highest BCUT2D eigenvalue weighted by Crippen LogP contribution is 2.18. The molecule has 0 atom stereocenters. The summed E-state index contributed by atoms with van der Waals surface area (Å²) < 4.78 is 4.30. The van der Waals surface area contributed by atoms with Gasteiger partial charge in [0.1, 0.15) is 0 Å². The molecule has 0 radical (unpaired) electrons. The van der Waals surface area contributed by atoms with Gasteiger partial charge in [0.15, 0.2) is 5.11 Å². The molecule has 3 N–H and O–H groups in total. The number of nitrogens with one attached hydrogen (secondary N) is 3. The minimum Gasteiger partial charge on any atom is -0.452 e. The van der Waals surface area contributed by atoms with Crippen molar-refractivity contribution in [3.05, 3.63) is 33.8 Å². The lowest BCUT2D eigenvalue weighted by Gasteiger charge is -2.10. The summed E-state index contributed by atoms with van der Waals surface area (Å²) in [5.74, 6) is -0.520. The molecule has 0 aliphatic heterocycles. The molecular formula is C10H9Cl2N3O3S. The Bertz CT molecular complexity index is 504. The van der Waals surface area contributed by atoms with Gasteiger partial charge in [-0.25, -0.2) is 10.2 Å². The Morgan fingerprint density at radius 2 is 1.74 bits per heavy atom. The molecule has 6 nitrogen and oxygen atoms in total. The van der Waals surface area contributed by atoms with Crippen molar-refractivity contribution < 1.29 is 14.3 Å². The zero-order valence-electron chi connectivity index (χ0n) is 9.62. The highest BCUT2D eigenvalue weighted by Gasteiger charge is 2.10. The fourth-order valence-electron chi connectivity index (χ4n) is 1.05. The van der Waals surface area contributed by atoms with E-state index in [2.05, 4.69) is 20.9 Å². The van der Waals surface area contributed by atoms with E-state index in [4.69, 9.17) is 35.4 Å². The van der Waals surface area contributed by atoms with E-state index in [1.807, 2.05) is 0 Å². The van der Waals surface area contributed by atoms with Crippen LogP contribution in [-0.4, -0.2) is 24.2 Å². The van der Waals surface area contributed by atoms with Crippen molar-refractivity contribution in [2.75, 3.05) is 7.11 Å². The third-order valence-corrected chi connectivity index (χ3v) is 2.46. The van der Waals surface area contributed by atoms with Crippen LogP contribution in [-0.2, 0) is 4.74 Å². The number of hydrogen-bond donors (Lipinski definition) is 3. The smallest absolute Gasteiger partial charge is 0.425 e. The van der Waals surface area contributed by atoms with Crippen molar-refractivity contribution in [3.63, 3.8) is 0 Å². The largest absolute Gasteiger partial charge is 0.452 e. The van der Waals surface area contributed by atoms with Crippen LogP contribution in [0, 0.1) is 0 Å². The molecule has 0 saturated carbocycles. The van der Waals surface area contributed by atoms with Gasteiger partial charge in [0.25, 0.3) is 5.91 Å². The van der Waals surface area contributed by atoms with Gasteiger partial charge in [-0.3, -0.25) is 15.5 Å². The topological polar surface area (TPSA) is 79.5 Å². The molecule has 0 heterocycles. The fraction of sp³-hybridized carbons (Fsp3) is 0.100. The summed E-state index contributed by atoms with van der Waals surface area (Å²) in [6.07, 6.45) is -0.748. The number of thiocarbonyl (C=S) groups is 1. The minimum absolute atomic E-state index is 0.105. The predicted octanol–water partition coefficient (Wildman–Crippen LogP) is 1.87. The molecule has 0 aliphatic rings. The Morgan fingerprint density at radius 1 is 1.16 bits per heavy atom. The Balaban J connectivity index is 2.59. The van der Waals surface area contributed by atoms with Crippen LogP contribution in [0.1, 0.15) is 10.4 Å². The van der Waals surface area contributed by atoms with Crippen LogP contribution in [0.5, 0.6) is 0 Å². The molecule has 0 bridgehead atoms. The van der Waals surface area contributed by atoms with E-state index in [1.54, 1.807) is 0 Å². The highest BCUT2D eigenvalue weighted by molar-refractivity contribution is 7.80. The van der Waals surface area contributed by atoms with Gasteiger partial charge in [0.2, 0.25) is 0 Å². The van der Waals surface area contributed by atoms with Crippen LogP contribution in [0.25, 0.3) is 0 Å². The first kappa shape index (κ1) is 15.5. The molecule has 0 aliphatic carbocycles. The van der Waals surface area contributed by atoms with E-state index >= 15 is 0 Å². The highest BCUT2D eigenvalue weighted by atomic mass is 35.5. The molecule has 102 valence electrons. The first-order valence-electron chi connectivity index (χ1n) is 4.83. The third kappa shape index (κ3) is 5.29. The summed E-state index contributed by atoms with van der Waals surface area (Å²) in [7, 11) is 1.19. The van der Waals surface area contributed by atoms with Gasteiger partial charge < -0.3 is 4.74 Å². The summed E-state index contributed by atoms with van der Waals surface area (Å²) >= 11 is 16.3. The molecule has 0 saturated heterocycles. The molecule has 0 fully saturated rings. The Kier molecular flexibility index (Phi) is 5.81. The van der Waals surface area contributed by atoms with Crippen LogP contribution < -0.4 is 16.2 Å². The molecule has 0 aromatic heterocycles. The van der Waals surface area contributed by atoms with Gasteiger partial charge in [-0.15, -0.1) is 0 Å². The summed E-state index contributed by atoms with van der Waals surface area (Å²) in [6.45, 7) is 0. The number of rotatable bonds is 1. The van der Waals surface area contributed by atoms with E-state index in [-0.39, 0.29) is 10.7 Å². The summed E-state index contributed by atoms with van der Waals surface area (Å²) in [4.78, 5) is 22.5. The lowest BCUT2D eigenvalue weighted by Crippen LogP contribution is -2.48. The number of carbonyl (C=O) groups is 2. The van der Waals surface area contributed by atoms with Gasteiger partial charge in [0, 0.05) is 15.6 Å². The fourth-order valence-corrected chi connectivity index (χ4v) is 1.72. The van der Waals surface area contributed by atoms with Crippen LogP contribution in [0.4, 0.5) is 4.79 Å². The Labute approximate surface area is 124 Å². The molecule has 1 aromatic rings. The van der Waals surface area contributed by atoms with E-state index in [9.17, 15) is 9.59 Å². The number of hydrazine groups is 1. The van der Waals surface area contributed by atoms with E-state index in [0.29, 0.717) is 10.0 Å². The van der Waals surface area contributed by atoms with Gasteiger partial charge in [-0.05, 0) is 30.4 Å². The van der Waals surface area contributed by atoms with E-state index < -0.39 is 12.0 Å². The van der Waals surface area contributed by atoms with E-state index in [1.165, 1.54) is 25.3 Å². The van der Waals surface area contributed by atoms with Gasteiger partial charge in [-0.2, -0.15) is 0 Å². The SMILES string of the molecule is COC(=O)NNC(=S)NC(=O)c1cc(Cl)cc(Cl)c1. The maximum Gasteiger partial charge on any atom is 0.425 e. The second-order valence-electron chi connectivity index (χ2n) is 3.18. The number of hydrogen-bond acceptors (Lipinski definition) is 4. The number of halogens is 2. The monoisotopic (exact) mass is 321 g/mol. The standard InChI is InChI=1S/C10H9Cl2N3O3S/c1-18-10(17)15-14-9(19)13-8(16)5-2-6(11)4-7(12)3-5/h2-4H,1H3,(H,15,17)(H2,13,14,16,19). The van der Waals surface area contributed by atoms with Crippen LogP contribution in [0.15, 0.2) is 18.2 Å². The first-order chi connectivity index (χ1) is 8.92.